The van der Waals surface area contributed by atoms with E-state index in [1.807, 2.05) is 19.1 Å². The number of rotatable bonds is 36. The third-order valence-corrected chi connectivity index (χ3v) is 10.1. The van der Waals surface area contributed by atoms with Gasteiger partial charge in [0.25, 0.3) is 0 Å². The highest BCUT2D eigenvalue weighted by Gasteiger charge is 2.28. The lowest BCUT2D eigenvalue weighted by Crippen LogP contribution is -2.52. The zero-order valence-electron chi connectivity index (χ0n) is 39.7. The van der Waals surface area contributed by atoms with E-state index in [1.165, 1.54) is 19.6 Å². The van der Waals surface area contributed by atoms with Gasteiger partial charge in [-0.2, -0.15) is 0 Å². The molecule has 0 saturated carbocycles. The summed E-state index contributed by atoms with van der Waals surface area (Å²) in [7, 11) is 0. The summed E-state index contributed by atoms with van der Waals surface area (Å²) >= 11 is 0. The Labute approximate surface area is 399 Å². The molecule has 6 amide bonds. The predicted octanol–water partition coefficient (Wildman–Crippen LogP) is -5.07. The van der Waals surface area contributed by atoms with Gasteiger partial charge >= 0.3 is 0 Å². The zero-order valence-corrected chi connectivity index (χ0v) is 39.7. The van der Waals surface area contributed by atoms with Crippen LogP contribution < -0.4 is 68.0 Å². The van der Waals surface area contributed by atoms with Gasteiger partial charge in [0.2, 0.25) is 35.4 Å². The third-order valence-electron chi connectivity index (χ3n) is 10.1. The molecule has 0 unspecified atom stereocenters. The molecule has 0 radical (unpaired) electrons. The number of carbonyl (C=O) groups is 6. The molecule has 26 heteroatoms. The molecule has 26 nitrogen and oxygen atoms in total. The van der Waals surface area contributed by atoms with Crippen molar-refractivity contribution in [3.05, 3.63) is 35.4 Å². The first kappa shape index (κ1) is 59.1. The molecule has 0 aromatic heterocycles. The van der Waals surface area contributed by atoms with Gasteiger partial charge in [-0.3, -0.25) is 48.7 Å². The van der Waals surface area contributed by atoms with Gasteiger partial charge in [0, 0.05) is 52.4 Å². The van der Waals surface area contributed by atoms with Crippen LogP contribution in [0.1, 0.15) is 68.9 Å². The number of amides is 6. The second-order valence-corrected chi connectivity index (χ2v) is 16.0. The predicted molar refractivity (Wildman–Crippen MR) is 264 cm³/mol. The summed E-state index contributed by atoms with van der Waals surface area (Å²) in [5.74, 6) is -4.23. The molecule has 0 aliphatic carbocycles. The summed E-state index contributed by atoms with van der Waals surface area (Å²) in [4.78, 5) is 103. The van der Waals surface area contributed by atoms with E-state index in [0.717, 1.165) is 31.2 Å². The molecule has 1 rings (SSSR count). The van der Waals surface area contributed by atoms with Crippen molar-refractivity contribution in [3.8, 4) is 0 Å². The van der Waals surface area contributed by atoms with Gasteiger partial charge in [-0.25, -0.2) is 0 Å². The van der Waals surface area contributed by atoms with Gasteiger partial charge in [0.05, 0.1) is 26.2 Å². The van der Waals surface area contributed by atoms with Crippen LogP contribution in [0.3, 0.4) is 0 Å². The van der Waals surface area contributed by atoms with Crippen molar-refractivity contribution in [1.82, 2.24) is 30.2 Å². The minimum atomic E-state index is -1.09. The molecule has 0 aliphatic heterocycles. The van der Waals surface area contributed by atoms with E-state index < -0.39 is 55.2 Å². The van der Waals surface area contributed by atoms with Crippen molar-refractivity contribution in [3.63, 3.8) is 0 Å². The minimum Gasteiger partial charge on any atom is -0.370 e. The lowest BCUT2D eigenvalue weighted by atomic mass is 10.1. The first-order valence-corrected chi connectivity index (χ1v) is 22.7. The quantitative estimate of drug-likeness (QED) is 0.0170. The van der Waals surface area contributed by atoms with Gasteiger partial charge in [0.15, 0.2) is 23.8 Å². The Hall–Kier alpha value is -6.96. The number of nitrogens with zero attached hydrogens (tertiary/aromatic N) is 8. The summed E-state index contributed by atoms with van der Waals surface area (Å²) in [6.07, 6.45) is 4.93. The number of nitrogens with one attached hydrogen (secondary N) is 2. The maximum atomic E-state index is 14.5. The number of aryl methyl sites for hydroxylation is 1. The molecular formula is C42H78N20O6. The number of nitrogens with two attached hydrogens (primary N) is 10. The van der Waals surface area contributed by atoms with Gasteiger partial charge < -0.3 is 87.6 Å². The van der Waals surface area contributed by atoms with Crippen LogP contribution >= 0.6 is 0 Å². The van der Waals surface area contributed by atoms with Gasteiger partial charge in [0.1, 0.15) is 12.6 Å². The monoisotopic (exact) mass is 959 g/mol. The first-order chi connectivity index (χ1) is 32.3. The van der Waals surface area contributed by atoms with E-state index in [0.29, 0.717) is 31.5 Å². The molecule has 22 N–H and O–H groups in total. The molecule has 0 saturated heterocycles. The van der Waals surface area contributed by atoms with Crippen LogP contribution in [0.4, 0.5) is 0 Å². The topological polar surface area (TPSA) is 449 Å². The van der Waals surface area contributed by atoms with Gasteiger partial charge in [-0.05, 0) is 70.5 Å². The average Bonchev–Trinajstić information content (AvgIpc) is 3.27. The number of carbonyl (C=O) groups excluding carboxylic acids is 6. The van der Waals surface area contributed by atoms with E-state index >= 15 is 0 Å². The number of hydrogen-bond donors (Lipinski definition) is 12. The Morgan fingerprint density at radius 1 is 0.529 bits per heavy atom. The normalized spacial score (nSPS) is 11.0. The van der Waals surface area contributed by atoms with Crippen LogP contribution in [0.5, 0.6) is 0 Å². The number of primary amides is 1. The summed E-state index contributed by atoms with van der Waals surface area (Å²) in [5.41, 5.74) is 56.7. The van der Waals surface area contributed by atoms with E-state index in [4.69, 9.17) is 57.3 Å². The first-order valence-electron chi connectivity index (χ1n) is 22.7. The van der Waals surface area contributed by atoms with Crippen LogP contribution in [-0.4, -0.2) is 177 Å². The Morgan fingerprint density at radius 3 is 1.43 bits per heavy atom. The molecule has 0 bridgehead atoms. The number of guanidine groups is 4. The largest absolute Gasteiger partial charge is 0.370 e. The molecule has 1 aromatic carbocycles. The van der Waals surface area contributed by atoms with Crippen molar-refractivity contribution >= 4 is 59.3 Å². The van der Waals surface area contributed by atoms with E-state index in [1.54, 1.807) is 12.1 Å². The van der Waals surface area contributed by atoms with E-state index in [9.17, 15) is 28.8 Å². The molecule has 1 aromatic rings. The van der Waals surface area contributed by atoms with Crippen LogP contribution in [0.15, 0.2) is 44.2 Å². The highest BCUT2D eigenvalue weighted by Crippen LogP contribution is 2.11. The smallest absolute Gasteiger partial charge is 0.242 e. The number of unbranched alkanes of at least 4 members (excludes halogenated alkanes) is 3. The average molecular weight is 959 g/mol. The highest BCUT2D eigenvalue weighted by atomic mass is 16.2. The summed E-state index contributed by atoms with van der Waals surface area (Å²) in [5, 5.41) is 5.71. The zero-order chi connectivity index (χ0) is 50.9. The van der Waals surface area contributed by atoms with E-state index in [-0.39, 0.29) is 114 Å². The third kappa shape index (κ3) is 28.2. The number of aliphatic imine (C=N–C) groups is 4. The Kier molecular flexibility index (Phi) is 29.8. The summed E-state index contributed by atoms with van der Waals surface area (Å²) < 4.78 is 0. The molecule has 382 valence electrons. The van der Waals surface area contributed by atoms with Gasteiger partial charge in [-0.15, -0.1) is 0 Å². The lowest BCUT2D eigenvalue weighted by Gasteiger charge is -2.31. The minimum absolute atomic E-state index is 0.00876. The fraction of sp³-hybridized carbons (Fsp3) is 0.619. The van der Waals surface area contributed by atoms with Crippen molar-refractivity contribution in [2.45, 2.75) is 77.3 Å². The maximum Gasteiger partial charge on any atom is 0.242 e. The van der Waals surface area contributed by atoms with Crippen LogP contribution in [0, 0.1) is 6.92 Å². The van der Waals surface area contributed by atoms with Gasteiger partial charge in [-0.1, -0.05) is 42.7 Å². The SMILES string of the molecule is Cc1ccc(CN(CC(=O)N(CCCN=C(N)N)CC(=O)N[C@H](CCCN=C(N)N)C(N)=O)C(=O)CN(CCCN=C(N)N)C(=O)CN(CCCN=C(N)N)C(=O)CNCCCCCCN)cc1. The van der Waals surface area contributed by atoms with E-state index in [2.05, 4.69) is 30.6 Å². The Bertz CT molecular complexity index is 1830. The number of hydrogen-bond acceptors (Lipinski definition) is 12. The molecule has 0 fully saturated rings. The molecule has 0 aliphatic rings. The molecular weight excluding hydrogens is 881 g/mol. The maximum absolute atomic E-state index is 14.5. The van der Waals surface area contributed by atoms with Crippen molar-refractivity contribution in [1.29, 1.82) is 0 Å². The fourth-order valence-corrected chi connectivity index (χ4v) is 6.48. The van der Waals surface area contributed by atoms with Crippen molar-refractivity contribution < 1.29 is 28.8 Å². The van der Waals surface area contributed by atoms with Crippen molar-refractivity contribution in [2.75, 3.05) is 91.6 Å². The van der Waals surface area contributed by atoms with Crippen LogP contribution in [0.2, 0.25) is 0 Å². The second kappa shape index (κ2) is 34.4. The van der Waals surface area contributed by atoms with Crippen molar-refractivity contribution in [2.24, 2.45) is 77.3 Å². The van der Waals surface area contributed by atoms with Crippen LogP contribution in [-0.2, 0) is 35.3 Å². The molecule has 0 heterocycles. The second-order valence-electron chi connectivity index (χ2n) is 16.0. The summed E-state index contributed by atoms with van der Waals surface area (Å²) in [6, 6.07) is 6.21. The highest BCUT2D eigenvalue weighted by molar-refractivity contribution is 5.92. The standard InChI is InChI=1S/C42H78N20O6/c1-30-11-13-31(14-12-30)25-62(29-36(66)59(21-7-18-55-40(47)48)26-33(63)58-32(38(44)68)10-6-17-54-39(45)46)37(67)28-61(23-9-20-57-42(51)52)35(65)27-60(22-8-19-56-41(49)50)34(64)24-53-16-5-3-2-4-15-43/h11-14,32,53H,2-10,15-29,43H2,1H3,(H2,44,68)(H,58,63)(H4,45,46,54)(H4,47,48,55)(H4,49,50,56)(H4,51,52,57)/t32-/m1/s1. The molecule has 1 atom stereocenters. The van der Waals surface area contributed by atoms with Crippen LogP contribution in [0.25, 0.3) is 0 Å². The molecule has 0 spiro atoms. The Morgan fingerprint density at radius 2 is 0.956 bits per heavy atom. The fourth-order valence-electron chi connectivity index (χ4n) is 6.48. The molecule has 68 heavy (non-hydrogen) atoms. The number of benzene rings is 1. The summed E-state index contributed by atoms with van der Waals surface area (Å²) in [6.45, 7) is 1.84. The Balaban J connectivity index is 3.51. The lowest BCUT2D eigenvalue weighted by molar-refractivity contribution is -0.147.